The molecule has 0 unspecified atom stereocenters. The molecule has 11 heteroatoms. The predicted molar refractivity (Wildman–Crippen MR) is 153 cm³/mol. The van der Waals surface area contributed by atoms with Crippen LogP contribution in [0.3, 0.4) is 0 Å². The predicted octanol–water partition coefficient (Wildman–Crippen LogP) is 5.19. The molecule has 3 aromatic rings. The first-order chi connectivity index (χ1) is 18.5. The van der Waals surface area contributed by atoms with Crippen LogP contribution in [0.4, 0.5) is 16.2 Å². The molecule has 39 heavy (non-hydrogen) atoms. The number of halogens is 1. The lowest BCUT2D eigenvalue weighted by Gasteiger charge is -2.38. The highest BCUT2D eigenvalue weighted by molar-refractivity contribution is 6.28. The number of carbonyl (C=O) groups is 1. The number of hydrogen-bond donors (Lipinski definition) is 1. The summed E-state index contributed by atoms with van der Waals surface area (Å²) in [7, 11) is 1.82. The van der Waals surface area contributed by atoms with E-state index in [9.17, 15) is 4.79 Å². The summed E-state index contributed by atoms with van der Waals surface area (Å²) < 4.78 is 13.6. The topological polar surface area (TPSA) is 112 Å². The third-order valence-corrected chi connectivity index (χ3v) is 6.84. The number of anilines is 2. The number of ether oxygens (including phenoxy) is 2. The number of carbonyl (C=O) groups excluding carboxylic acids is 1. The zero-order valence-electron chi connectivity index (χ0n) is 23.4. The van der Waals surface area contributed by atoms with Gasteiger partial charge in [-0.2, -0.15) is 5.10 Å². The fraction of sp³-hybridized carbons (Fsp3) is 0.500. The lowest BCUT2D eigenvalue weighted by Crippen LogP contribution is -2.47. The van der Waals surface area contributed by atoms with Crippen molar-refractivity contribution >= 4 is 29.1 Å². The van der Waals surface area contributed by atoms with Crippen molar-refractivity contribution in [2.24, 2.45) is 0 Å². The van der Waals surface area contributed by atoms with Crippen LogP contribution in [0.1, 0.15) is 45.6 Å². The van der Waals surface area contributed by atoms with E-state index in [1.54, 1.807) is 17.3 Å². The molecule has 1 amide bonds. The molecular weight excluding hydrogens is 518 g/mol. The summed E-state index contributed by atoms with van der Waals surface area (Å²) in [5, 5.41) is 4.68. The van der Waals surface area contributed by atoms with Crippen LogP contribution in [-0.2, 0) is 11.3 Å². The SMILES string of the molecule is Cc1cnc(Cl)nc1-c1cnn(CCCOc2cc(N)ccc2N2CCC(N(C)C(=O)OC(C)(C)C)CC2)c1. The van der Waals surface area contributed by atoms with Crippen LogP contribution >= 0.6 is 11.6 Å². The average molecular weight is 556 g/mol. The number of aromatic nitrogens is 4. The quantitative estimate of drug-likeness (QED) is 0.230. The van der Waals surface area contributed by atoms with Gasteiger partial charge in [-0.25, -0.2) is 14.8 Å². The van der Waals surface area contributed by atoms with Crippen LogP contribution in [-0.4, -0.2) is 69.1 Å². The number of hydrogen-bond acceptors (Lipinski definition) is 8. The van der Waals surface area contributed by atoms with Gasteiger partial charge in [0.05, 0.1) is 24.2 Å². The third-order valence-electron chi connectivity index (χ3n) is 6.66. The Morgan fingerprint density at radius 1 is 1.23 bits per heavy atom. The Balaban J connectivity index is 1.31. The van der Waals surface area contributed by atoms with E-state index in [1.165, 1.54) is 0 Å². The van der Waals surface area contributed by atoms with Gasteiger partial charge in [-0.15, -0.1) is 0 Å². The Bertz CT molecular complexity index is 1280. The first-order valence-electron chi connectivity index (χ1n) is 13.3. The number of nitrogen functional groups attached to an aromatic ring is 1. The van der Waals surface area contributed by atoms with Crippen LogP contribution in [0.25, 0.3) is 11.3 Å². The summed E-state index contributed by atoms with van der Waals surface area (Å²) in [4.78, 5) is 24.9. The molecule has 1 aliphatic rings. The van der Waals surface area contributed by atoms with Crippen molar-refractivity contribution in [1.82, 2.24) is 24.6 Å². The number of aryl methyl sites for hydroxylation is 2. The van der Waals surface area contributed by atoms with Crippen molar-refractivity contribution in [3.8, 4) is 17.0 Å². The first-order valence-corrected chi connectivity index (χ1v) is 13.6. The number of piperidine rings is 1. The number of nitrogens with two attached hydrogens (primary N) is 1. The summed E-state index contributed by atoms with van der Waals surface area (Å²) in [5.41, 5.74) is 9.87. The summed E-state index contributed by atoms with van der Waals surface area (Å²) in [6, 6.07) is 5.92. The fourth-order valence-electron chi connectivity index (χ4n) is 4.61. The monoisotopic (exact) mass is 555 g/mol. The molecule has 0 radical (unpaired) electrons. The lowest BCUT2D eigenvalue weighted by molar-refractivity contribution is 0.0200. The summed E-state index contributed by atoms with van der Waals surface area (Å²) in [5.74, 6) is 0.765. The standard InChI is InChI=1S/C28H38ClN7O3/c1-19-16-31-26(29)33-25(19)20-17-32-36(18-20)11-6-14-38-24-15-21(30)7-8-23(24)35-12-9-22(10-13-35)34(5)27(37)39-28(2,3)4/h7-8,15-18,22H,6,9-14,30H2,1-5H3. The van der Waals surface area contributed by atoms with E-state index in [1.807, 2.05) is 63.8 Å². The Labute approximate surface area is 235 Å². The van der Waals surface area contributed by atoms with Gasteiger partial charge in [0.1, 0.15) is 11.4 Å². The van der Waals surface area contributed by atoms with E-state index in [2.05, 4.69) is 20.0 Å². The van der Waals surface area contributed by atoms with E-state index < -0.39 is 5.60 Å². The van der Waals surface area contributed by atoms with Gasteiger partial charge in [-0.05, 0) is 69.8 Å². The smallest absolute Gasteiger partial charge is 0.410 e. The number of benzene rings is 1. The third kappa shape index (κ3) is 7.53. The Morgan fingerprint density at radius 3 is 2.69 bits per heavy atom. The van der Waals surface area contributed by atoms with Gasteiger partial charge in [0.2, 0.25) is 5.28 Å². The van der Waals surface area contributed by atoms with Crippen LogP contribution < -0.4 is 15.4 Å². The minimum atomic E-state index is -0.508. The van der Waals surface area contributed by atoms with Crippen molar-refractivity contribution in [2.45, 2.75) is 65.1 Å². The van der Waals surface area contributed by atoms with Crippen molar-refractivity contribution in [2.75, 3.05) is 37.4 Å². The molecule has 1 saturated heterocycles. The van der Waals surface area contributed by atoms with E-state index in [-0.39, 0.29) is 17.4 Å². The van der Waals surface area contributed by atoms with Crippen LogP contribution in [0.5, 0.6) is 5.75 Å². The van der Waals surface area contributed by atoms with Crippen LogP contribution in [0, 0.1) is 6.92 Å². The molecular formula is C28H38ClN7O3. The normalized spacial score (nSPS) is 14.4. The van der Waals surface area contributed by atoms with Gasteiger partial charge in [0, 0.05) is 68.9 Å². The van der Waals surface area contributed by atoms with Gasteiger partial charge in [0.15, 0.2) is 0 Å². The molecule has 210 valence electrons. The second-order valence-electron chi connectivity index (χ2n) is 10.9. The van der Waals surface area contributed by atoms with Gasteiger partial charge < -0.3 is 25.0 Å². The highest BCUT2D eigenvalue weighted by Crippen LogP contribution is 2.33. The summed E-state index contributed by atoms with van der Waals surface area (Å²) in [6.07, 6.45) is 7.62. The lowest BCUT2D eigenvalue weighted by atomic mass is 10.0. The van der Waals surface area contributed by atoms with Crippen molar-refractivity contribution in [3.63, 3.8) is 0 Å². The minimum absolute atomic E-state index is 0.135. The molecule has 0 aliphatic carbocycles. The van der Waals surface area contributed by atoms with Crippen molar-refractivity contribution in [3.05, 3.63) is 47.6 Å². The second kappa shape index (κ2) is 12.1. The van der Waals surface area contributed by atoms with Gasteiger partial charge in [0.25, 0.3) is 0 Å². The molecule has 0 bridgehead atoms. The molecule has 10 nitrogen and oxygen atoms in total. The van der Waals surface area contributed by atoms with E-state index >= 15 is 0 Å². The fourth-order valence-corrected chi connectivity index (χ4v) is 4.75. The van der Waals surface area contributed by atoms with Gasteiger partial charge in [-0.3, -0.25) is 4.68 Å². The second-order valence-corrected chi connectivity index (χ2v) is 11.2. The highest BCUT2D eigenvalue weighted by atomic mass is 35.5. The summed E-state index contributed by atoms with van der Waals surface area (Å²) in [6.45, 7) is 10.4. The maximum atomic E-state index is 12.5. The molecule has 0 spiro atoms. The Morgan fingerprint density at radius 2 is 1.97 bits per heavy atom. The molecule has 1 fully saturated rings. The number of nitrogens with zero attached hydrogens (tertiary/aromatic N) is 6. The zero-order valence-corrected chi connectivity index (χ0v) is 24.1. The molecule has 0 saturated carbocycles. The molecule has 3 heterocycles. The van der Waals surface area contributed by atoms with Gasteiger partial charge >= 0.3 is 6.09 Å². The Kier molecular flexibility index (Phi) is 8.84. The summed E-state index contributed by atoms with van der Waals surface area (Å²) >= 11 is 5.97. The molecule has 2 aromatic heterocycles. The Hall–Kier alpha value is -3.53. The maximum Gasteiger partial charge on any atom is 0.410 e. The molecule has 1 aromatic carbocycles. The molecule has 0 atom stereocenters. The molecule has 2 N–H and O–H groups in total. The highest BCUT2D eigenvalue weighted by Gasteiger charge is 2.29. The first kappa shape index (κ1) is 28.5. The van der Waals surface area contributed by atoms with Gasteiger partial charge in [-0.1, -0.05) is 0 Å². The zero-order chi connectivity index (χ0) is 28.2. The van der Waals surface area contributed by atoms with Crippen LogP contribution in [0.15, 0.2) is 36.8 Å². The van der Waals surface area contributed by atoms with Crippen molar-refractivity contribution in [1.29, 1.82) is 0 Å². The number of amides is 1. The largest absolute Gasteiger partial charge is 0.491 e. The molecule has 4 rings (SSSR count). The average Bonchev–Trinajstić information content (AvgIpc) is 3.35. The number of rotatable bonds is 8. The van der Waals surface area contributed by atoms with E-state index in [0.717, 1.165) is 60.6 Å². The maximum absolute atomic E-state index is 12.5. The van der Waals surface area contributed by atoms with E-state index in [4.69, 9.17) is 26.8 Å². The molecule has 1 aliphatic heterocycles. The van der Waals surface area contributed by atoms with Crippen LogP contribution in [0.2, 0.25) is 5.28 Å². The van der Waals surface area contributed by atoms with E-state index in [0.29, 0.717) is 18.8 Å². The van der Waals surface area contributed by atoms with Crippen molar-refractivity contribution < 1.29 is 14.3 Å². The minimum Gasteiger partial charge on any atom is -0.491 e.